The van der Waals surface area contributed by atoms with Crippen LogP contribution in [-0.4, -0.2) is 57.2 Å². The highest BCUT2D eigenvalue weighted by molar-refractivity contribution is 7.89. The standard InChI is InChI=1S/C31H37F5N2O2S/c1-38(19-9-21-41(40)20-6-4-16-30(32,33)31(34,35)36)18-5-2-3-12-29-27(25-11-8-17-37-23-25)13-7-10-24-22-26(39)14-15-28(24)29/h8,11,14-15,17,22-23,39H,2-5,7,9-10,12-13,16,18-19,21H2,1H3. The number of rotatable bonds is 13. The van der Waals surface area contributed by atoms with Crippen molar-refractivity contribution in [1.29, 1.82) is 0 Å². The molecule has 1 aromatic carbocycles. The van der Waals surface area contributed by atoms with Gasteiger partial charge in [-0.25, -0.2) is 4.21 Å². The Labute approximate surface area is 241 Å². The second-order valence-corrected chi connectivity index (χ2v) is 11.7. The quantitative estimate of drug-likeness (QED) is 0.147. The molecule has 0 saturated heterocycles. The second-order valence-electron chi connectivity index (χ2n) is 10.4. The van der Waals surface area contributed by atoms with Crippen molar-refractivity contribution in [2.24, 2.45) is 0 Å². The monoisotopic (exact) mass is 596 g/mol. The first-order valence-electron chi connectivity index (χ1n) is 13.9. The number of aromatic nitrogens is 1. The molecule has 1 heterocycles. The van der Waals surface area contributed by atoms with Crippen LogP contribution in [0.4, 0.5) is 22.0 Å². The van der Waals surface area contributed by atoms with E-state index < -0.39 is 35.7 Å². The molecule has 0 amide bonds. The van der Waals surface area contributed by atoms with Gasteiger partial charge in [0.15, 0.2) is 0 Å². The third-order valence-electron chi connectivity index (χ3n) is 7.16. The predicted molar refractivity (Wildman–Crippen MR) is 154 cm³/mol. The Balaban J connectivity index is 1.42. The molecule has 41 heavy (non-hydrogen) atoms. The Kier molecular flexibility index (Phi) is 12.3. The highest BCUT2D eigenvalue weighted by Crippen LogP contribution is 2.40. The van der Waals surface area contributed by atoms with Gasteiger partial charge in [0.2, 0.25) is 0 Å². The van der Waals surface area contributed by atoms with E-state index >= 15 is 0 Å². The van der Waals surface area contributed by atoms with E-state index in [-0.39, 0.29) is 11.5 Å². The number of pyridine rings is 1. The van der Waals surface area contributed by atoms with Gasteiger partial charge in [0.1, 0.15) is 5.75 Å². The van der Waals surface area contributed by atoms with Crippen molar-refractivity contribution in [1.82, 2.24) is 9.88 Å². The molecular formula is C31H37F5N2O2S. The van der Waals surface area contributed by atoms with Crippen LogP contribution in [0, 0.1) is 11.2 Å². The number of alkyl halides is 5. The molecule has 10 heteroatoms. The van der Waals surface area contributed by atoms with Gasteiger partial charge in [-0.3, -0.25) is 4.98 Å². The number of aromatic hydroxyl groups is 1. The molecule has 0 aliphatic heterocycles. The fourth-order valence-corrected chi connectivity index (χ4v) is 5.73. The Hall–Kier alpha value is -2.77. The average molecular weight is 597 g/mol. The van der Waals surface area contributed by atoms with E-state index in [1.165, 1.54) is 22.3 Å². The Bertz CT molecular complexity index is 1250. The third kappa shape index (κ3) is 10.2. The summed E-state index contributed by atoms with van der Waals surface area (Å²) in [6, 6.07) is 9.72. The maximum Gasteiger partial charge on any atom is 0.453 e. The lowest BCUT2D eigenvalue weighted by Crippen LogP contribution is -2.36. The van der Waals surface area contributed by atoms with E-state index in [0.717, 1.165) is 57.1 Å². The average Bonchev–Trinajstić information content (AvgIpc) is 3.09. The maximum atomic E-state index is 12.9. The van der Waals surface area contributed by atoms with Crippen molar-refractivity contribution >= 4 is 21.9 Å². The number of aryl methyl sites for hydroxylation is 1. The number of allylic oxidation sites excluding steroid dienone is 2. The Morgan fingerprint density at radius 2 is 1.83 bits per heavy atom. The van der Waals surface area contributed by atoms with Gasteiger partial charge in [0.05, 0.1) is 10.8 Å². The minimum atomic E-state index is -5.59. The minimum absolute atomic E-state index is 0.243. The number of hydrogen-bond donors (Lipinski definition) is 1. The molecule has 0 fully saturated rings. The van der Waals surface area contributed by atoms with Gasteiger partial charge in [-0.05, 0) is 116 Å². The first-order chi connectivity index (χ1) is 19.5. The van der Waals surface area contributed by atoms with Crippen molar-refractivity contribution in [3.63, 3.8) is 0 Å². The summed E-state index contributed by atoms with van der Waals surface area (Å²) in [5.74, 6) is -2.06. The molecule has 0 radical (unpaired) electrons. The zero-order valence-corrected chi connectivity index (χ0v) is 24.1. The number of phenols is 1. The fourth-order valence-electron chi connectivity index (χ4n) is 4.98. The van der Waals surface area contributed by atoms with Gasteiger partial charge in [0, 0.05) is 31.0 Å². The van der Waals surface area contributed by atoms with Gasteiger partial charge in [-0.15, -0.1) is 0 Å². The second kappa shape index (κ2) is 15.5. The predicted octanol–water partition coefficient (Wildman–Crippen LogP) is 7.60. The normalized spacial score (nSPS) is 14.8. The minimum Gasteiger partial charge on any atom is -0.508 e. The van der Waals surface area contributed by atoms with E-state index in [9.17, 15) is 31.3 Å². The van der Waals surface area contributed by atoms with Crippen LogP contribution < -0.4 is 0 Å². The molecule has 0 bridgehead atoms. The molecule has 4 nitrogen and oxygen atoms in total. The highest BCUT2D eigenvalue weighted by atomic mass is 32.2. The summed E-state index contributed by atoms with van der Waals surface area (Å²) < 4.78 is 74.2. The first-order valence-corrected chi connectivity index (χ1v) is 15.2. The summed E-state index contributed by atoms with van der Waals surface area (Å²) in [7, 11) is 0.400. The van der Waals surface area contributed by atoms with Crippen LogP contribution in [0.2, 0.25) is 0 Å². The molecular weight excluding hydrogens is 559 g/mol. The van der Waals surface area contributed by atoms with E-state index in [0.29, 0.717) is 13.0 Å². The molecule has 2 aromatic rings. The molecule has 3 rings (SSSR count). The van der Waals surface area contributed by atoms with Crippen molar-refractivity contribution in [3.05, 3.63) is 59.4 Å². The number of phenolic OH excluding ortho intramolecular Hbond substituents is 1. The SMILES string of the molecule is CN(CCCCCC1=C(c2cccnc2)CCCc2cc(O)ccc21)CCCS(=O)C#CCCC(F)(F)C(F)(F)F. The summed E-state index contributed by atoms with van der Waals surface area (Å²) in [4.78, 5) is 6.46. The van der Waals surface area contributed by atoms with Crippen LogP contribution in [0.3, 0.4) is 0 Å². The lowest BCUT2D eigenvalue weighted by atomic mass is 9.89. The molecule has 1 unspecified atom stereocenters. The molecule has 1 aromatic heterocycles. The van der Waals surface area contributed by atoms with E-state index in [2.05, 4.69) is 27.1 Å². The lowest BCUT2D eigenvalue weighted by molar-refractivity contribution is -0.283. The molecule has 0 spiro atoms. The Morgan fingerprint density at radius 1 is 1.05 bits per heavy atom. The number of hydrogen-bond acceptors (Lipinski definition) is 4. The van der Waals surface area contributed by atoms with Crippen molar-refractivity contribution in [2.75, 3.05) is 25.9 Å². The number of nitrogens with zero attached hydrogens (tertiary/aromatic N) is 2. The fraction of sp³-hybridized carbons (Fsp3) is 0.516. The lowest BCUT2D eigenvalue weighted by Gasteiger charge is -2.18. The summed E-state index contributed by atoms with van der Waals surface area (Å²) in [6.07, 6.45) is 3.46. The highest BCUT2D eigenvalue weighted by Gasteiger charge is 2.56. The van der Waals surface area contributed by atoms with Gasteiger partial charge in [-0.2, -0.15) is 22.0 Å². The largest absolute Gasteiger partial charge is 0.508 e. The topological polar surface area (TPSA) is 53.4 Å². The summed E-state index contributed by atoms with van der Waals surface area (Å²) in [6.45, 7) is 1.55. The maximum absolute atomic E-state index is 12.9. The molecule has 224 valence electrons. The van der Waals surface area contributed by atoms with Crippen molar-refractivity contribution in [2.45, 2.75) is 76.3 Å². The number of fused-ring (bicyclic) bond motifs is 1. The van der Waals surface area contributed by atoms with Gasteiger partial charge in [-0.1, -0.05) is 24.5 Å². The van der Waals surface area contributed by atoms with Gasteiger partial charge >= 0.3 is 12.1 Å². The zero-order valence-electron chi connectivity index (χ0n) is 23.3. The van der Waals surface area contributed by atoms with Crippen molar-refractivity contribution in [3.8, 4) is 16.9 Å². The van der Waals surface area contributed by atoms with E-state index in [4.69, 9.17) is 0 Å². The van der Waals surface area contributed by atoms with Crippen LogP contribution in [0.25, 0.3) is 11.1 Å². The van der Waals surface area contributed by atoms with E-state index in [1.54, 1.807) is 12.3 Å². The summed E-state index contributed by atoms with van der Waals surface area (Å²) in [5, 5.41) is 12.3. The van der Waals surface area contributed by atoms with E-state index in [1.807, 2.05) is 31.4 Å². The molecule has 1 aliphatic rings. The van der Waals surface area contributed by atoms with Crippen LogP contribution in [0.15, 0.2) is 42.7 Å². The van der Waals surface area contributed by atoms with Crippen LogP contribution in [-0.2, 0) is 17.2 Å². The van der Waals surface area contributed by atoms with Crippen LogP contribution in [0.5, 0.6) is 5.75 Å². The molecule has 1 aliphatic carbocycles. The van der Waals surface area contributed by atoms with Crippen LogP contribution >= 0.6 is 0 Å². The molecule has 0 saturated carbocycles. The number of benzene rings is 1. The van der Waals surface area contributed by atoms with Gasteiger partial charge < -0.3 is 10.0 Å². The smallest absolute Gasteiger partial charge is 0.453 e. The third-order valence-corrected chi connectivity index (χ3v) is 8.19. The first kappa shape index (κ1) is 32.7. The summed E-state index contributed by atoms with van der Waals surface area (Å²) >= 11 is 0. The zero-order chi connectivity index (χ0) is 29.9. The Morgan fingerprint density at radius 3 is 2.56 bits per heavy atom. The summed E-state index contributed by atoms with van der Waals surface area (Å²) in [5.41, 5.74) is 6.18. The molecule has 1 N–H and O–H groups in total. The van der Waals surface area contributed by atoms with Crippen molar-refractivity contribution < 1.29 is 31.3 Å². The number of unbranched alkanes of at least 4 members (excludes halogenated alkanes) is 2. The van der Waals surface area contributed by atoms with Crippen LogP contribution in [0.1, 0.15) is 74.5 Å². The van der Waals surface area contributed by atoms with Gasteiger partial charge in [0.25, 0.3) is 0 Å². The number of halogens is 5. The molecule has 1 atom stereocenters.